The van der Waals surface area contributed by atoms with Crippen molar-refractivity contribution in [1.29, 1.82) is 0 Å². The van der Waals surface area contributed by atoms with Gasteiger partial charge in [-0.3, -0.25) is 4.79 Å². The maximum Gasteiger partial charge on any atom is 0.226 e. The highest BCUT2D eigenvalue weighted by Gasteiger charge is 2.31. The third-order valence-electron chi connectivity index (χ3n) is 5.12. The number of amides is 1. The fraction of sp³-hybridized carbons (Fsp3) is 0.261. The first-order valence-electron chi connectivity index (χ1n) is 9.53. The van der Waals surface area contributed by atoms with E-state index in [4.69, 9.17) is 9.47 Å². The highest BCUT2D eigenvalue weighted by Crippen LogP contribution is 2.33. The lowest BCUT2D eigenvalue weighted by atomic mass is 9.99. The summed E-state index contributed by atoms with van der Waals surface area (Å²) >= 11 is 0. The molecule has 0 aliphatic carbocycles. The predicted octanol–water partition coefficient (Wildman–Crippen LogP) is 3.90. The Morgan fingerprint density at radius 2 is 1.71 bits per heavy atom. The third kappa shape index (κ3) is 3.60. The lowest BCUT2D eigenvalue weighted by Gasteiger charge is -2.37. The molecule has 1 unspecified atom stereocenters. The van der Waals surface area contributed by atoms with E-state index in [9.17, 15) is 4.79 Å². The van der Waals surface area contributed by atoms with Crippen LogP contribution in [0.3, 0.4) is 0 Å². The largest absolute Gasteiger partial charge is 0.493 e. The number of carbonyl (C=O) groups is 1. The number of rotatable bonds is 6. The zero-order chi connectivity index (χ0) is 19.3. The number of methoxy groups -OCH3 is 1. The summed E-state index contributed by atoms with van der Waals surface area (Å²) in [5, 5.41) is 0. The first-order valence-corrected chi connectivity index (χ1v) is 9.53. The lowest BCUT2D eigenvalue weighted by molar-refractivity contribution is -0.134. The van der Waals surface area contributed by atoms with Gasteiger partial charge in [-0.25, -0.2) is 0 Å². The van der Waals surface area contributed by atoms with Crippen LogP contribution in [0.25, 0.3) is 0 Å². The van der Waals surface area contributed by atoms with Crippen LogP contribution in [-0.2, 0) is 11.3 Å². The number of fused-ring (bicyclic) bond motifs is 1. The van der Waals surface area contributed by atoms with E-state index in [1.54, 1.807) is 7.11 Å². The van der Waals surface area contributed by atoms with E-state index in [2.05, 4.69) is 29.0 Å². The average molecular weight is 376 g/mol. The van der Waals surface area contributed by atoms with Gasteiger partial charge < -0.3 is 18.9 Å². The molecule has 144 valence electrons. The summed E-state index contributed by atoms with van der Waals surface area (Å²) < 4.78 is 13.3. The highest BCUT2D eigenvalue weighted by atomic mass is 16.5. The molecule has 0 fully saturated rings. The molecule has 0 radical (unpaired) electrons. The molecule has 2 aromatic carbocycles. The van der Waals surface area contributed by atoms with Gasteiger partial charge in [0.25, 0.3) is 0 Å². The normalized spacial score (nSPS) is 15.8. The molecule has 0 saturated carbocycles. The second-order valence-corrected chi connectivity index (χ2v) is 6.78. The molecule has 3 aromatic rings. The Bertz CT molecular complexity index is 936. The monoisotopic (exact) mass is 376 g/mol. The van der Waals surface area contributed by atoms with Crippen LogP contribution in [0.1, 0.15) is 23.7 Å². The number of aromatic nitrogens is 1. The van der Waals surface area contributed by atoms with Gasteiger partial charge in [0.15, 0.2) is 11.5 Å². The molecule has 1 aliphatic heterocycles. The SMILES string of the molecule is COc1ccccc1OCCC(=O)N1CCn2cccc2C1c1ccccc1. The van der Waals surface area contributed by atoms with E-state index in [-0.39, 0.29) is 11.9 Å². The topological polar surface area (TPSA) is 43.7 Å². The van der Waals surface area contributed by atoms with Crippen molar-refractivity contribution < 1.29 is 14.3 Å². The maximum atomic E-state index is 13.1. The Labute approximate surface area is 165 Å². The molecule has 0 bridgehead atoms. The van der Waals surface area contributed by atoms with Crippen LogP contribution in [0, 0.1) is 0 Å². The minimum Gasteiger partial charge on any atom is -0.493 e. The van der Waals surface area contributed by atoms with Gasteiger partial charge in [0.05, 0.1) is 26.2 Å². The molecule has 5 heteroatoms. The van der Waals surface area contributed by atoms with Crippen molar-refractivity contribution in [2.45, 2.75) is 19.0 Å². The lowest BCUT2D eigenvalue weighted by Crippen LogP contribution is -2.42. The van der Waals surface area contributed by atoms with Crippen molar-refractivity contribution in [3.8, 4) is 11.5 Å². The van der Waals surface area contributed by atoms with Gasteiger partial charge >= 0.3 is 0 Å². The first kappa shape index (κ1) is 18.2. The highest BCUT2D eigenvalue weighted by molar-refractivity contribution is 5.77. The third-order valence-corrected chi connectivity index (χ3v) is 5.12. The Balaban J connectivity index is 1.48. The number of carbonyl (C=O) groups excluding carboxylic acids is 1. The smallest absolute Gasteiger partial charge is 0.226 e. The van der Waals surface area contributed by atoms with Crippen molar-refractivity contribution in [2.75, 3.05) is 20.3 Å². The summed E-state index contributed by atoms with van der Waals surface area (Å²) in [6.07, 6.45) is 2.40. The molecule has 2 heterocycles. The van der Waals surface area contributed by atoms with Gasteiger partial charge in [-0.15, -0.1) is 0 Å². The van der Waals surface area contributed by atoms with Crippen LogP contribution in [0.4, 0.5) is 0 Å². The summed E-state index contributed by atoms with van der Waals surface area (Å²) in [5.74, 6) is 1.43. The molecule has 1 amide bonds. The van der Waals surface area contributed by atoms with Gasteiger partial charge in [0.1, 0.15) is 0 Å². The molecule has 0 spiro atoms. The molecule has 1 aromatic heterocycles. The number of nitrogens with zero attached hydrogens (tertiary/aromatic N) is 2. The van der Waals surface area contributed by atoms with Gasteiger partial charge in [-0.2, -0.15) is 0 Å². The summed E-state index contributed by atoms with van der Waals surface area (Å²) in [6.45, 7) is 1.82. The van der Waals surface area contributed by atoms with Crippen molar-refractivity contribution >= 4 is 5.91 Å². The Morgan fingerprint density at radius 1 is 0.964 bits per heavy atom. The average Bonchev–Trinajstić information content (AvgIpc) is 3.22. The van der Waals surface area contributed by atoms with Crippen molar-refractivity contribution in [3.63, 3.8) is 0 Å². The second-order valence-electron chi connectivity index (χ2n) is 6.78. The second kappa shape index (κ2) is 8.21. The van der Waals surface area contributed by atoms with Crippen LogP contribution >= 0.6 is 0 Å². The zero-order valence-corrected chi connectivity index (χ0v) is 16.0. The van der Waals surface area contributed by atoms with Gasteiger partial charge in [-0.05, 0) is 29.8 Å². The van der Waals surface area contributed by atoms with E-state index in [1.807, 2.05) is 53.4 Å². The van der Waals surface area contributed by atoms with Gasteiger partial charge in [0.2, 0.25) is 5.91 Å². The molecule has 0 N–H and O–H groups in total. The minimum absolute atomic E-state index is 0.0660. The van der Waals surface area contributed by atoms with Crippen LogP contribution in [0.15, 0.2) is 72.9 Å². The van der Waals surface area contributed by atoms with Crippen LogP contribution in [-0.4, -0.2) is 35.6 Å². The van der Waals surface area contributed by atoms with Crippen molar-refractivity contribution in [2.24, 2.45) is 0 Å². The fourth-order valence-electron chi connectivity index (χ4n) is 3.77. The Kier molecular flexibility index (Phi) is 5.33. The predicted molar refractivity (Wildman–Crippen MR) is 108 cm³/mol. The number of hydrogen-bond donors (Lipinski definition) is 0. The summed E-state index contributed by atoms with van der Waals surface area (Å²) in [7, 11) is 1.61. The van der Waals surface area contributed by atoms with Gasteiger partial charge in [-0.1, -0.05) is 42.5 Å². The van der Waals surface area contributed by atoms with Crippen LogP contribution < -0.4 is 9.47 Å². The molecule has 1 aliphatic rings. The van der Waals surface area contributed by atoms with Crippen molar-refractivity contribution in [3.05, 3.63) is 84.2 Å². The van der Waals surface area contributed by atoms with E-state index in [1.165, 1.54) is 0 Å². The quantitative estimate of drug-likeness (QED) is 0.655. The Morgan fingerprint density at radius 3 is 2.50 bits per heavy atom. The van der Waals surface area contributed by atoms with Crippen LogP contribution in [0.2, 0.25) is 0 Å². The summed E-state index contributed by atoms with van der Waals surface area (Å²) in [4.78, 5) is 15.0. The van der Waals surface area contributed by atoms with Crippen LogP contribution in [0.5, 0.6) is 11.5 Å². The molecule has 5 nitrogen and oxygen atoms in total. The van der Waals surface area contributed by atoms with E-state index < -0.39 is 0 Å². The first-order chi connectivity index (χ1) is 13.8. The maximum absolute atomic E-state index is 13.1. The summed E-state index contributed by atoms with van der Waals surface area (Å²) in [6, 6.07) is 21.8. The summed E-state index contributed by atoms with van der Waals surface area (Å²) in [5.41, 5.74) is 2.28. The number of hydrogen-bond acceptors (Lipinski definition) is 3. The molecule has 28 heavy (non-hydrogen) atoms. The molecule has 4 rings (SSSR count). The number of para-hydroxylation sites is 2. The molecule has 1 atom stereocenters. The van der Waals surface area contributed by atoms with E-state index >= 15 is 0 Å². The van der Waals surface area contributed by atoms with E-state index in [0.29, 0.717) is 31.1 Å². The minimum atomic E-state index is -0.0660. The molecular weight excluding hydrogens is 352 g/mol. The van der Waals surface area contributed by atoms with E-state index in [0.717, 1.165) is 17.8 Å². The standard InChI is InChI=1S/C23H24N2O3/c1-27-20-11-5-6-12-21(20)28-17-13-22(26)25-16-15-24-14-7-10-19(24)23(25)18-8-3-2-4-9-18/h2-12,14,23H,13,15-17H2,1H3. The zero-order valence-electron chi connectivity index (χ0n) is 16.0. The molecule has 0 saturated heterocycles. The number of ether oxygens (including phenoxy) is 2. The molecular formula is C23H24N2O3. The number of benzene rings is 2. The van der Waals surface area contributed by atoms with Gasteiger partial charge in [0, 0.05) is 25.0 Å². The Hall–Kier alpha value is -3.21. The fourth-order valence-corrected chi connectivity index (χ4v) is 3.77. The van der Waals surface area contributed by atoms with Crippen molar-refractivity contribution in [1.82, 2.24) is 9.47 Å².